The molecule has 1 rings (SSSR count). The second-order valence-corrected chi connectivity index (χ2v) is 3.39. The molecule has 12 heavy (non-hydrogen) atoms. The Hall–Kier alpha value is -1.27. The number of rotatable bonds is 1. The first-order chi connectivity index (χ1) is 5.70. The van der Waals surface area contributed by atoms with E-state index in [0.29, 0.717) is 4.88 Å². The van der Waals surface area contributed by atoms with Crippen molar-refractivity contribution >= 4 is 17.1 Å². The smallest absolute Gasteiger partial charge is 0.247 e. The lowest BCUT2D eigenvalue weighted by atomic mass is 10.3. The molecule has 0 aliphatic rings. The molecule has 0 unspecified atom stereocenters. The average molecular weight is 179 g/mol. The van der Waals surface area contributed by atoms with Gasteiger partial charge in [0.05, 0.1) is 4.88 Å². The molecule has 1 heterocycles. The number of carbonyl (C=O) groups excluding carboxylic acids is 1. The van der Waals surface area contributed by atoms with Crippen molar-refractivity contribution in [2.24, 2.45) is 0 Å². The second kappa shape index (κ2) is 3.93. The van der Waals surface area contributed by atoms with Crippen LogP contribution in [0.2, 0.25) is 0 Å². The third kappa shape index (κ3) is 2.40. The summed E-state index contributed by atoms with van der Waals surface area (Å²) in [5.41, 5.74) is 0. The van der Waals surface area contributed by atoms with Gasteiger partial charge in [-0.1, -0.05) is 6.07 Å². The Labute approximate surface area is 75.8 Å². The van der Waals surface area contributed by atoms with Gasteiger partial charge in [-0.05, 0) is 11.4 Å². The molecule has 0 atom stereocenters. The highest BCUT2D eigenvalue weighted by atomic mass is 32.1. The van der Waals surface area contributed by atoms with E-state index in [-0.39, 0.29) is 5.78 Å². The lowest BCUT2D eigenvalue weighted by Crippen LogP contribution is -2.02. The number of carbonyl (C=O) groups is 1. The molecule has 0 bridgehead atoms. The van der Waals surface area contributed by atoms with E-state index in [1.165, 1.54) is 11.3 Å². The molecule has 0 aromatic carbocycles. The fraction of sp³-hybridized carbons (Fsp3) is 0.222. The Morgan fingerprint density at radius 3 is 2.83 bits per heavy atom. The Kier molecular flexibility index (Phi) is 2.89. The van der Waals surface area contributed by atoms with E-state index in [0.717, 1.165) is 0 Å². The minimum Gasteiger partial charge on any atom is -0.338 e. The molecule has 0 N–H and O–H groups in total. The summed E-state index contributed by atoms with van der Waals surface area (Å²) in [5, 5.41) is 1.87. The highest BCUT2D eigenvalue weighted by Gasteiger charge is 2.00. The average Bonchev–Trinajstić information content (AvgIpc) is 2.51. The predicted octanol–water partition coefficient (Wildman–Crippen LogP) is 1.45. The Morgan fingerprint density at radius 2 is 2.33 bits per heavy atom. The molecule has 2 nitrogen and oxygen atoms in total. The first kappa shape index (κ1) is 8.82. The van der Waals surface area contributed by atoms with Gasteiger partial charge in [0.2, 0.25) is 5.78 Å². The van der Waals surface area contributed by atoms with Gasteiger partial charge in [0.15, 0.2) is 0 Å². The van der Waals surface area contributed by atoms with Crippen LogP contribution in [0.5, 0.6) is 0 Å². The molecule has 0 saturated carbocycles. The third-order valence-corrected chi connectivity index (χ3v) is 2.01. The van der Waals surface area contributed by atoms with Crippen LogP contribution in [0.25, 0.3) is 0 Å². The van der Waals surface area contributed by atoms with Crippen molar-refractivity contribution in [3.05, 3.63) is 22.4 Å². The standard InChI is InChI=1S/C9H9NOS/c1-10(2)6-5-8(11)9-4-3-7-12-9/h3-4,7H,1-2H3. The molecule has 62 valence electrons. The minimum absolute atomic E-state index is 0.112. The summed E-state index contributed by atoms with van der Waals surface area (Å²) in [4.78, 5) is 13.6. The SMILES string of the molecule is CN(C)C#CC(=O)c1cccs1. The molecule has 0 saturated heterocycles. The predicted molar refractivity (Wildman–Crippen MR) is 50.1 cm³/mol. The first-order valence-corrected chi connectivity index (χ1v) is 4.35. The number of hydrogen-bond donors (Lipinski definition) is 0. The van der Waals surface area contributed by atoms with Gasteiger partial charge in [0.25, 0.3) is 0 Å². The van der Waals surface area contributed by atoms with Crippen molar-refractivity contribution in [3.8, 4) is 12.0 Å². The lowest BCUT2D eigenvalue weighted by molar-refractivity contribution is 0.105. The zero-order chi connectivity index (χ0) is 8.97. The molecule has 0 radical (unpaired) electrons. The quantitative estimate of drug-likeness (QED) is 0.369. The topological polar surface area (TPSA) is 20.3 Å². The zero-order valence-corrected chi connectivity index (χ0v) is 7.81. The summed E-state index contributed by atoms with van der Waals surface area (Å²) in [5.74, 6) is 2.42. The molecular formula is C9H9NOS. The van der Waals surface area contributed by atoms with Gasteiger partial charge in [-0.25, -0.2) is 0 Å². The molecule has 3 heteroatoms. The molecule has 0 aliphatic carbocycles. The van der Waals surface area contributed by atoms with Gasteiger partial charge in [-0.3, -0.25) is 4.79 Å². The first-order valence-electron chi connectivity index (χ1n) is 3.47. The third-order valence-electron chi connectivity index (χ3n) is 1.14. The molecule has 0 spiro atoms. The number of ketones is 1. The van der Waals surface area contributed by atoms with E-state index in [1.807, 2.05) is 11.4 Å². The normalized spacial score (nSPS) is 8.50. The fourth-order valence-electron chi connectivity index (χ4n) is 0.632. The van der Waals surface area contributed by atoms with Crippen LogP contribution >= 0.6 is 11.3 Å². The Balaban J connectivity index is 2.70. The summed E-state index contributed by atoms with van der Waals surface area (Å²) in [6.07, 6.45) is 0. The zero-order valence-electron chi connectivity index (χ0n) is 7.00. The van der Waals surface area contributed by atoms with Crippen LogP contribution in [-0.4, -0.2) is 24.8 Å². The Morgan fingerprint density at radius 1 is 1.58 bits per heavy atom. The van der Waals surface area contributed by atoms with E-state index in [4.69, 9.17) is 0 Å². The van der Waals surface area contributed by atoms with Crippen molar-refractivity contribution in [2.45, 2.75) is 0 Å². The fourth-order valence-corrected chi connectivity index (χ4v) is 1.25. The van der Waals surface area contributed by atoms with Gasteiger partial charge in [-0.2, -0.15) is 0 Å². The number of nitrogens with zero attached hydrogens (tertiary/aromatic N) is 1. The largest absolute Gasteiger partial charge is 0.338 e. The van der Waals surface area contributed by atoms with Crippen LogP contribution in [-0.2, 0) is 0 Å². The minimum atomic E-state index is -0.112. The van der Waals surface area contributed by atoms with Gasteiger partial charge in [-0.15, -0.1) is 11.3 Å². The lowest BCUT2D eigenvalue weighted by Gasteiger charge is -1.96. The van der Waals surface area contributed by atoms with E-state index in [9.17, 15) is 4.79 Å². The summed E-state index contributed by atoms with van der Waals surface area (Å²) < 4.78 is 0. The van der Waals surface area contributed by atoms with Gasteiger partial charge in [0, 0.05) is 26.1 Å². The summed E-state index contributed by atoms with van der Waals surface area (Å²) in [6, 6.07) is 6.29. The van der Waals surface area contributed by atoms with Crippen LogP contribution in [0, 0.1) is 12.0 Å². The summed E-state index contributed by atoms with van der Waals surface area (Å²) >= 11 is 1.41. The number of hydrogen-bond acceptors (Lipinski definition) is 3. The van der Waals surface area contributed by atoms with Crippen molar-refractivity contribution in [1.82, 2.24) is 4.90 Å². The molecule has 0 aliphatic heterocycles. The van der Waals surface area contributed by atoms with E-state index >= 15 is 0 Å². The van der Waals surface area contributed by atoms with E-state index in [1.54, 1.807) is 25.1 Å². The van der Waals surface area contributed by atoms with Crippen molar-refractivity contribution in [1.29, 1.82) is 0 Å². The molecular weight excluding hydrogens is 170 g/mol. The molecule has 0 amide bonds. The van der Waals surface area contributed by atoms with Gasteiger partial charge >= 0.3 is 0 Å². The molecule has 1 aromatic heterocycles. The number of Topliss-reactive ketones (excluding diaryl/α,β-unsaturated/α-hetero) is 1. The molecule has 0 fully saturated rings. The van der Waals surface area contributed by atoms with E-state index in [2.05, 4.69) is 12.0 Å². The maximum Gasteiger partial charge on any atom is 0.247 e. The van der Waals surface area contributed by atoms with Gasteiger partial charge in [0.1, 0.15) is 0 Å². The maximum atomic E-state index is 11.2. The monoisotopic (exact) mass is 179 g/mol. The van der Waals surface area contributed by atoms with E-state index < -0.39 is 0 Å². The van der Waals surface area contributed by atoms with Crippen molar-refractivity contribution in [3.63, 3.8) is 0 Å². The maximum absolute atomic E-state index is 11.2. The van der Waals surface area contributed by atoms with Gasteiger partial charge < -0.3 is 4.90 Å². The summed E-state index contributed by atoms with van der Waals surface area (Å²) in [7, 11) is 3.60. The highest BCUT2D eigenvalue weighted by molar-refractivity contribution is 7.12. The highest BCUT2D eigenvalue weighted by Crippen LogP contribution is 2.08. The Bertz CT molecular complexity index is 316. The van der Waals surface area contributed by atoms with Crippen LogP contribution < -0.4 is 0 Å². The summed E-state index contributed by atoms with van der Waals surface area (Å²) in [6.45, 7) is 0. The molecule has 1 aromatic rings. The van der Waals surface area contributed by atoms with Crippen LogP contribution in [0.3, 0.4) is 0 Å². The number of thiophene rings is 1. The van der Waals surface area contributed by atoms with Crippen molar-refractivity contribution < 1.29 is 4.79 Å². The van der Waals surface area contributed by atoms with Crippen molar-refractivity contribution in [2.75, 3.05) is 14.1 Å². The van der Waals surface area contributed by atoms with Crippen LogP contribution in [0.4, 0.5) is 0 Å². The van der Waals surface area contributed by atoms with Crippen LogP contribution in [0.15, 0.2) is 17.5 Å². The second-order valence-electron chi connectivity index (χ2n) is 2.44. The van der Waals surface area contributed by atoms with Crippen LogP contribution in [0.1, 0.15) is 9.67 Å².